The van der Waals surface area contributed by atoms with Crippen LogP contribution in [0, 0.1) is 0 Å². The first-order chi connectivity index (χ1) is 7.36. The third-order valence-corrected chi connectivity index (χ3v) is 2.60. The number of ether oxygens (including phenoxy) is 1. The SMILES string of the molecule is CCCOC1CCCN(CCN=[N+]=[N-])C1. The van der Waals surface area contributed by atoms with E-state index in [1.165, 1.54) is 6.42 Å². The highest BCUT2D eigenvalue weighted by molar-refractivity contribution is 4.73. The van der Waals surface area contributed by atoms with Crippen molar-refractivity contribution in [2.75, 3.05) is 32.8 Å². The Morgan fingerprint density at radius 3 is 3.20 bits per heavy atom. The zero-order valence-corrected chi connectivity index (χ0v) is 9.43. The van der Waals surface area contributed by atoms with E-state index in [0.29, 0.717) is 12.6 Å². The number of nitrogens with zero attached hydrogens (tertiary/aromatic N) is 4. The van der Waals surface area contributed by atoms with Gasteiger partial charge in [-0.15, -0.1) is 0 Å². The van der Waals surface area contributed by atoms with Crippen molar-refractivity contribution >= 4 is 0 Å². The smallest absolute Gasteiger partial charge is 0.0702 e. The second kappa shape index (κ2) is 7.51. The van der Waals surface area contributed by atoms with Gasteiger partial charge in [-0.05, 0) is 31.3 Å². The summed E-state index contributed by atoms with van der Waals surface area (Å²) in [5.74, 6) is 0. The first-order valence-corrected chi connectivity index (χ1v) is 5.71. The molecule has 1 fully saturated rings. The van der Waals surface area contributed by atoms with Gasteiger partial charge in [0.05, 0.1) is 6.10 Å². The minimum absolute atomic E-state index is 0.379. The fourth-order valence-corrected chi connectivity index (χ4v) is 1.87. The molecule has 0 aliphatic carbocycles. The summed E-state index contributed by atoms with van der Waals surface area (Å²) >= 11 is 0. The predicted molar refractivity (Wildman–Crippen MR) is 59.7 cm³/mol. The molecule has 15 heavy (non-hydrogen) atoms. The Morgan fingerprint density at radius 2 is 2.47 bits per heavy atom. The maximum atomic E-state index is 8.18. The normalized spacial score (nSPS) is 22.3. The van der Waals surface area contributed by atoms with Crippen molar-refractivity contribution in [1.82, 2.24) is 4.90 Å². The lowest BCUT2D eigenvalue weighted by Gasteiger charge is -2.32. The van der Waals surface area contributed by atoms with Gasteiger partial charge in [0.15, 0.2) is 0 Å². The van der Waals surface area contributed by atoms with Crippen LogP contribution in [0.3, 0.4) is 0 Å². The molecule has 0 aromatic heterocycles. The van der Waals surface area contributed by atoms with Crippen molar-refractivity contribution in [2.24, 2.45) is 5.11 Å². The van der Waals surface area contributed by atoms with E-state index in [9.17, 15) is 0 Å². The van der Waals surface area contributed by atoms with Crippen molar-refractivity contribution in [3.05, 3.63) is 10.4 Å². The van der Waals surface area contributed by atoms with E-state index in [4.69, 9.17) is 10.3 Å². The third-order valence-electron chi connectivity index (χ3n) is 2.60. The lowest BCUT2D eigenvalue weighted by atomic mass is 10.1. The molecule has 1 aliphatic heterocycles. The summed E-state index contributed by atoms with van der Waals surface area (Å²) in [5, 5.41) is 3.55. The average Bonchev–Trinajstić information content (AvgIpc) is 2.27. The molecule has 0 saturated carbocycles. The zero-order chi connectivity index (χ0) is 10.9. The zero-order valence-electron chi connectivity index (χ0n) is 9.43. The molecular weight excluding hydrogens is 192 g/mol. The van der Waals surface area contributed by atoms with Crippen LogP contribution < -0.4 is 0 Å². The van der Waals surface area contributed by atoms with Gasteiger partial charge < -0.3 is 9.64 Å². The van der Waals surface area contributed by atoms with Crippen LogP contribution in [0.1, 0.15) is 26.2 Å². The summed E-state index contributed by atoms with van der Waals surface area (Å²) in [5.41, 5.74) is 8.18. The Labute approximate surface area is 91.0 Å². The topological polar surface area (TPSA) is 61.2 Å². The van der Waals surface area contributed by atoms with Crippen LogP contribution >= 0.6 is 0 Å². The molecule has 1 aliphatic rings. The van der Waals surface area contributed by atoms with Gasteiger partial charge in [-0.3, -0.25) is 0 Å². The van der Waals surface area contributed by atoms with Gasteiger partial charge in [0.2, 0.25) is 0 Å². The van der Waals surface area contributed by atoms with E-state index in [0.717, 1.165) is 39.1 Å². The van der Waals surface area contributed by atoms with Gasteiger partial charge in [0.25, 0.3) is 0 Å². The molecule has 0 bridgehead atoms. The lowest BCUT2D eigenvalue weighted by Crippen LogP contribution is -2.40. The molecule has 1 saturated heterocycles. The minimum Gasteiger partial charge on any atom is -0.377 e. The molecular formula is C10H20N4O. The quantitative estimate of drug-likeness (QED) is 0.385. The molecule has 0 spiro atoms. The molecule has 0 N–H and O–H groups in total. The Morgan fingerprint density at radius 1 is 1.60 bits per heavy atom. The summed E-state index contributed by atoms with van der Waals surface area (Å²) in [7, 11) is 0. The van der Waals surface area contributed by atoms with Crippen LogP contribution in [0.2, 0.25) is 0 Å². The van der Waals surface area contributed by atoms with Crippen LogP contribution in [0.25, 0.3) is 10.4 Å². The van der Waals surface area contributed by atoms with Crippen molar-refractivity contribution in [2.45, 2.75) is 32.3 Å². The molecule has 1 heterocycles. The largest absolute Gasteiger partial charge is 0.377 e. The van der Waals surface area contributed by atoms with Gasteiger partial charge in [-0.2, -0.15) is 0 Å². The molecule has 0 aromatic carbocycles. The molecule has 1 rings (SSSR count). The first kappa shape index (κ1) is 12.3. The maximum Gasteiger partial charge on any atom is 0.0702 e. The molecule has 0 amide bonds. The first-order valence-electron chi connectivity index (χ1n) is 5.71. The molecule has 86 valence electrons. The van der Waals surface area contributed by atoms with Gasteiger partial charge in [-0.1, -0.05) is 12.0 Å². The predicted octanol–water partition coefficient (Wildman–Crippen LogP) is 2.19. The van der Waals surface area contributed by atoms with E-state index in [1.54, 1.807) is 0 Å². The summed E-state index contributed by atoms with van der Waals surface area (Å²) < 4.78 is 5.72. The standard InChI is InChI=1S/C10H20N4O/c1-2-8-15-10-4-3-6-14(9-10)7-5-12-13-11/h10H,2-9H2,1H3. The van der Waals surface area contributed by atoms with Crippen LogP contribution in [0.4, 0.5) is 0 Å². The van der Waals surface area contributed by atoms with E-state index in [2.05, 4.69) is 21.8 Å². The third kappa shape index (κ3) is 5.02. The van der Waals surface area contributed by atoms with Crippen LogP contribution in [0.5, 0.6) is 0 Å². The fraction of sp³-hybridized carbons (Fsp3) is 1.00. The highest BCUT2D eigenvalue weighted by Crippen LogP contribution is 2.13. The number of likely N-dealkylation sites (tertiary alicyclic amines) is 1. The lowest BCUT2D eigenvalue weighted by molar-refractivity contribution is 0.000873. The van der Waals surface area contributed by atoms with Crippen molar-refractivity contribution in [3.8, 4) is 0 Å². The van der Waals surface area contributed by atoms with Crippen molar-refractivity contribution in [1.29, 1.82) is 0 Å². The van der Waals surface area contributed by atoms with Crippen LogP contribution in [-0.2, 0) is 4.74 Å². The highest BCUT2D eigenvalue weighted by Gasteiger charge is 2.19. The second-order valence-electron chi connectivity index (χ2n) is 3.89. The minimum atomic E-state index is 0.379. The van der Waals surface area contributed by atoms with E-state index in [-0.39, 0.29) is 0 Å². The molecule has 0 aromatic rings. The Balaban J connectivity index is 2.19. The molecule has 0 radical (unpaired) electrons. The molecule has 5 heteroatoms. The Bertz CT molecular complexity index is 215. The monoisotopic (exact) mass is 212 g/mol. The van der Waals surface area contributed by atoms with Crippen molar-refractivity contribution in [3.63, 3.8) is 0 Å². The molecule has 1 atom stereocenters. The van der Waals surface area contributed by atoms with Gasteiger partial charge in [-0.25, -0.2) is 0 Å². The van der Waals surface area contributed by atoms with Crippen molar-refractivity contribution < 1.29 is 4.74 Å². The van der Waals surface area contributed by atoms with Gasteiger partial charge in [0.1, 0.15) is 0 Å². The Kier molecular flexibility index (Phi) is 6.16. The number of hydrogen-bond acceptors (Lipinski definition) is 3. The van der Waals surface area contributed by atoms with E-state index >= 15 is 0 Å². The van der Waals surface area contributed by atoms with Crippen LogP contribution in [0.15, 0.2) is 5.11 Å². The average molecular weight is 212 g/mol. The Hall–Kier alpha value is -0.770. The molecule has 5 nitrogen and oxygen atoms in total. The van der Waals surface area contributed by atoms with E-state index < -0.39 is 0 Å². The number of piperidine rings is 1. The summed E-state index contributed by atoms with van der Waals surface area (Å²) in [6, 6.07) is 0. The summed E-state index contributed by atoms with van der Waals surface area (Å²) in [6.45, 7) is 6.50. The maximum absolute atomic E-state index is 8.18. The van der Waals surface area contributed by atoms with E-state index in [1.807, 2.05) is 0 Å². The summed E-state index contributed by atoms with van der Waals surface area (Å²) in [4.78, 5) is 5.07. The van der Waals surface area contributed by atoms with Crippen LogP contribution in [-0.4, -0.2) is 43.8 Å². The number of rotatable bonds is 6. The second-order valence-corrected chi connectivity index (χ2v) is 3.89. The van der Waals surface area contributed by atoms with Gasteiger partial charge in [0, 0.05) is 31.2 Å². The highest BCUT2D eigenvalue weighted by atomic mass is 16.5. The fourth-order valence-electron chi connectivity index (χ4n) is 1.87. The van der Waals surface area contributed by atoms with Gasteiger partial charge >= 0.3 is 0 Å². The molecule has 1 unspecified atom stereocenters. The number of azide groups is 1. The number of hydrogen-bond donors (Lipinski definition) is 0. The summed E-state index contributed by atoms with van der Waals surface area (Å²) in [6.07, 6.45) is 3.81.